The number of rotatable bonds is 5. The number of hydrogen-bond donors (Lipinski definition) is 1. The molecule has 6 heteroatoms. The summed E-state index contributed by atoms with van der Waals surface area (Å²) < 4.78 is 8.29. The quantitative estimate of drug-likeness (QED) is 0.256. The highest BCUT2D eigenvalue weighted by molar-refractivity contribution is 14.1. The summed E-state index contributed by atoms with van der Waals surface area (Å²) in [6.07, 6.45) is 0. The van der Waals surface area contributed by atoms with E-state index in [1.807, 2.05) is 19.1 Å². The molecule has 0 saturated heterocycles. The summed E-state index contributed by atoms with van der Waals surface area (Å²) in [5.41, 5.74) is 0.651. The number of hydrogen-bond acceptors (Lipinski definition) is 3. The second-order valence-corrected chi connectivity index (χ2v) is 6.73. The third-order valence-electron chi connectivity index (χ3n) is 1.97. The summed E-state index contributed by atoms with van der Waals surface area (Å²) in [4.78, 5) is 11.9. The Morgan fingerprint density at radius 2 is 2.06 bits per heavy atom. The van der Waals surface area contributed by atoms with Crippen LogP contribution in [0.2, 0.25) is 0 Å². The Morgan fingerprint density at radius 1 is 1.35 bits per heavy atom. The van der Waals surface area contributed by atoms with Crippen molar-refractivity contribution in [1.82, 2.24) is 5.32 Å². The smallest absolute Gasteiger partial charge is 0.339 e. The van der Waals surface area contributed by atoms with E-state index in [4.69, 9.17) is 4.74 Å². The number of halogens is 3. The molecule has 0 fully saturated rings. The average molecular weight is 571 g/mol. The van der Waals surface area contributed by atoms with E-state index in [2.05, 4.69) is 73.1 Å². The first-order valence-corrected chi connectivity index (χ1v) is 8.32. The van der Waals surface area contributed by atoms with Crippen molar-refractivity contribution in [2.24, 2.45) is 0 Å². The highest BCUT2D eigenvalue weighted by Gasteiger charge is 2.14. The molecular formula is C11H12I3NO2. The molecule has 1 rings (SSSR count). The molecule has 17 heavy (non-hydrogen) atoms. The minimum atomic E-state index is -0.247. The summed E-state index contributed by atoms with van der Waals surface area (Å²) in [6, 6.07) is 3.90. The van der Waals surface area contributed by atoms with Crippen LogP contribution in [-0.2, 0) is 4.74 Å². The van der Waals surface area contributed by atoms with E-state index in [-0.39, 0.29) is 5.97 Å². The van der Waals surface area contributed by atoms with Gasteiger partial charge in [-0.2, -0.15) is 0 Å². The van der Waals surface area contributed by atoms with E-state index < -0.39 is 0 Å². The van der Waals surface area contributed by atoms with Crippen molar-refractivity contribution in [2.45, 2.75) is 6.92 Å². The van der Waals surface area contributed by atoms with Crippen LogP contribution >= 0.6 is 67.8 Å². The van der Waals surface area contributed by atoms with E-state index in [0.717, 1.165) is 17.3 Å². The number of esters is 1. The fourth-order valence-electron chi connectivity index (χ4n) is 1.17. The van der Waals surface area contributed by atoms with Gasteiger partial charge in [-0.25, -0.2) is 4.79 Å². The molecule has 0 saturated carbocycles. The number of carbonyl (C=O) groups is 1. The van der Waals surface area contributed by atoms with Gasteiger partial charge in [-0.1, -0.05) is 6.92 Å². The molecule has 0 aliphatic rings. The van der Waals surface area contributed by atoms with Crippen molar-refractivity contribution in [3.63, 3.8) is 0 Å². The second kappa shape index (κ2) is 8.10. The number of carbonyl (C=O) groups excluding carboxylic acids is 1. The van der Waals surface area contributed by atoms with Gasteiger partial charge in [0.15, 0.2) is 0 Å². The normalized spacial score (nSPS) is 10.4. The average Bonchev–Trinajstić information content (AvgIpc) is 2.29. The molecule has 1 aromatic carbocycles. The topological polar surface area (TPSA) is 38.3 Å². The molecule has 0 aromatic heterocycles. The lowest BCUT2D eigenvalue weighted by molar-refractivity contribution is 0.0507. The van der Waals surface area contributed by atoms with Gasteiger partial charge in [-0.3, -0.25) is 0 Å². The summed E-state index contributed by atoms with van der Waals surface area (Å²) in [7, 11) is 0. The van der Waals surface area contributed by atoms with Crippen molar-refractivity contribution in [3.05, 3.63) is 28.4 Å². The molecule has 1 aromatic rings. The van der Waals surface area contributed by atoms with Crippen LogP contribution in [-0.4, -0.2) is 25.7 Å². The molecule has 0 radical (unpaired) electrons. The molecule has 0 bridgehead atoms. The molecule has 0 atom stereocenters. The van der Waals surface area contributed by atoms with Crippen molar-refractivity contribution in [3.8, 4) is 0 Å². The zero-order valence-electron chi connectivity index (χ0n) is 9.23. The highest BCUT2D eigenvalue weighted by atomic mass is 127. The van der Waals surface area contributed by atoms with Crippen molar-refractivity contribution in [1.29, 1.82) is 0 Å². The number of likely N-dealkylation sites (N-methyl/N-ethyl adjacent to an activating group) is 1. The largest absolute Gasteiger partial charge is 0.461 e. The molecular weight excluding hydrogens is 559 g/mol. The monoisotopic (exact) mass is 571 g/mol. The summed E-state index contributed by atoms with van der Waals surface area (Å²) in [5, 5.41) is 3.11. The van der Waals surface area contributed by atoms with Gasteiger partial charge >= 0.3 is 5.97 Å². The van der Waals surface area contributed by atoms with Gasteiger partial charge in [0.2, 0.25) is 0 Å². The predicted octanol–water partition coefficient (Wildman–Crippen LogP) is 3.27. The lowest BCUT2D eigenvalue weighted by Gasteiger charge is -2.08. The Labute approximate surface area is 142 Å². The van der Waals surface area contributed by atoms with E-state index >= 15 is 0 Å². The zero-order chi connectivity index (χ0) is 12.8. The van der Waals surface area contributed by atoms with Crippen LogP contribution in [0.1, 0.15) is 17.3 Å². The molecule has 3 nitrogen and oxygen atoms in total. The lowest BCUT2D eigenvalue weighted by Crippen LogP contribution is -2.21. The predicted molar refractivity (Wildman–Crippen MR) is 93.4 cm³/mol. The number of ether oxygens (including phenoxy) is 1. The summed E-state index contributed by atoms with van der Waals surface area (Å²) >= 11 is 6.61. The maximum Gasteiger partial charge on any atom is 0.339 e. The maximum atomic E-state index is 11.9. The van der Waals surface area contributed by atoms with Crippen LogP contribution in [0, 0.1) is 10.7 Å². The van der Waals surface area contributed by atoms with E-state index in [1.165, 1.54) is 0 Å². The van der Waals surface area contributed by atoms with Gasteiger partial charge in [-0.15, -0.1) is 0 Å². The van der Waals surface area contributed by atoms with Crippen LogP contribution in [0.25, 0.3) is 0 Å². The van der Waals surface area contributed by atoms with Gasteiger partial charge in [0.25, 0.3) is 0 Å². The van der Waals surface area contributed by atoms with Gasteiger partial charge in [0.1, 0.15) is 6.61 Å². The molecule has 0 aliphatic heterocycles. The van der Waals surface area contributed by atoms with Crippen LogP contribution in [0.4, 0.5) is 0 Å². The Bertz CT molecular complexity index is 410. The first-order valence-electron chi connectivity index (χ1n) is 5.08. The molecule has 0 amide bonds. The Hall–Kier alpha value is 0.840. The fraction of sp³-hybridized carbons (Fsp3) is 0.364. The zero-order valence-corrected chi connectivity index (χ0v) is 15.7. The van der Waals surface area contributed by atoms with E-state index in [0.29, 0.717) is 18.7 Å². The number of nitrogens with one attached hydrogen (secondary N) is 1. The molecule has 0 heterocycles. The third kappa shape index (κ3) is 5.15. The van der Waals surface area contributed by atoms with Crippen molar-refractivity contribution in [2.75, 3.05) is 19.7 Å². The number of benzene rings is 1. The van der Waals surface area contributed by atoms with E-state index in [1.54, 1.807) is 0 Å². The van der Waals surface area contributed by atoms with Crippen LogP contribution < -0.4 is 5.32 Å². The molecule has 0 spiro atoms. The van der Waals surface area contributed by atoms with Gasteiger partial charge < -0.3 is 10.1 Å². The van der Waals surface area contributed by atoms with Gasteiger partial charge in [-0.05, 0) is 86.5 Å². The van der Waals surface area contributed by atoms with Crippen LogP contribution in [0.3, 0.4) is 0 Å². The van der Waals surface area contributed by atoms with Crippen molar-refractivity contribution >= 4 is 73.7 Å². The van der Waals surface area contributed by atoms with Crippen molar-refractivity contribution < 1.29 is 9.53 Å². The molecule has 0 aliphatic carbocycles. The van der Waals surface area contributed by atoms with Crippen LogP contribution in [0.5, 0.6) is 0 Å². The Balaban J connectivity index is 2.69. The lowest BCUT2D eigenvalue weighted by atomic mass is 10.2. The van der Waals surface area contributed by atoms with Gasteiger partial charge in [0, 0.05) is 17.3 Å². The van der Waals surface area contributed by atoms with E-state index in [9.17, 15) is 4.79 Å². The third-order valence-corrected chi connectivity index (χ3v) is 5.64. The maximum absolute atomic E-state index is 11.9. The van der Waals surface area contributed by atoms with Crippen LogP contribution in [0.15, 0.2) is 12.1 Å². The molecule has 0 unspecified atom stereocenters. The SMILES string of the molecule is CCNCCOC(=O)c1cc(I)cc(I)c1I. The standard InChI is InChI=1S/C11H12I3NO2/c1-2-15-3-4-17-11(16)8-5-7(12)6-9(13)10(8)14/h5-6,15H,2-4H2,1H3. The summed E-state index contributed by atoms with van der Waals surface area (Å²) in [6.45, 7) is 4.01. The Morgan fingerprint density at radius 3 is 2.71 bits per heavy atom. The summed E-state index contributed by atoms with van der Waals surface area (Å²) in [5.74, 6) is -0.247. The van der Waals surface area contributed by atoms with Gasteiger partial charge in [0.05, 0.1) is 5.56 Å². The fourth-order valence-corrected chi connectivity index (χ4v) is 3.55. The minimum Gasteiger partial charge on any atom is -0.461 e. The molecule has 94 valence electrons. The molecule has 1 N–H and O–H groups in total. The Kier molecular flexibility index (Phi) is 7.57. The highest BCUT2D eigenvalue weighted by Crippen LogP contribution is 2.23. The first-order chi connectivity index (χ1) is 8.06. The first kappa shape index (κ1) is 15.9. The second-order valence-electron chi connectivity index (χ2n) is 3.24. The minimum absolute atomic E-state index is 0.247.